The zero-order chi connectivity index (χ0) is 14.7. The Morgan fingerprint density at radius 3 is 2.60 bits per heavy atom. The van der Waals surface area contributed by atoms with Gasteiger partial charge in [0, 0.05) is 12.1 Å². The highest BCUT2D eigenvalue weighted by atomic mass is 35.5. The van der Waals surface area contributed by atoms with Crippen LogP contribution < -0.4 is 20.5 Å². The van der Waals surface area contributed by atoms with Crippen molar-refractivity contribution in [3.63, 3.8) is 0 Å². The first kappa shape index (κ1) is 14.9. The Hall–Kier alpha value is -1.50. The Balaban J connectivity index is 2.20. The van der Waals surface area contributed by atoms with Gasteiger partial charge in [-0.1, -0.05) is 11.6 Å². The van der Waals surface area contributed by atoms with E-state index in [1.54, 1.807) is 12.1 Å². The maximum atomic E-state index is 12.2. The summed E-state index contributed by atoms with van der Waals surface area (Å²) in [7, 11) is 3.01. The van der Waals surface area contributed by atoms with Crippen molar-refractivity contribution < 1.29 is 19.0 Å². The summed E-state index contributed by atoms with van der Waals surface area (Å²) in [6, 6.07) is 2.90. The molecule has 1 aromatic carbocycles. The number of anilines is 1. The minimum absolute atomic E-state index is 0.213. The van der Waals surface area contributed by atoms with Crippen molar-refractivity contribution >= 4 is 23.2 Å². The molecule has 2 rings (SSSR count). The maximum Gasteiger partial charge on any atom is 0.231 e. The highest BCUT2D eigenvalue weighted by Crippen LogP contribution is 2.36. The number of hydrogen-bond donors (Lipinski definition) is 2. The molecule has 7 heteroatoms. The summed E-state index contributed by atoms with van der Waals surface area (Å²) in [5.74, 6) is 0.352. The average Bonchev–Trinajstić information content (AvgIpc) is 2.85. The predicted octanol–water partition coefficient (Wildman–Crippen LogP) is 1.27. The lowest BCUT2D eigenvalue weighted by Gasteiger charge is -2.16. The molecule has 1 aliphatic rings. The molecule has 1 fully saturated rings. The Kier molecular flexibility index (Phi) is 4.69. The zero-order valence-corrected chi connectivity index (χ0v) is 12.1. The molecule has 0 radical (unpaired) electrons. The minimum Gasteiger partial charge on any atom is -0.495 e. The summed E-state index contributed by atoms with van der Waals surface area (Å²) in [5.41, 5.74) is 6.29. The van der Waals surface area contributed by atoms with Gasteiger partial charge in [0.05, 0.1) is 44.1 Å². The molecule has 110 valence electrons. The van der Waals surface area contributed by atoms with Gasteiger partial charge in [0.25, 0.3) is 0 Å². The van der Waals surface area contributed by atoms with E-state index >= 15 is 0 Å². The first-order chi connectivity index (χ1) is 9.56. The number of carbonyl (C=O) groups is 1. The predicted molar refractivity (Wildman–Crippen MR) is 75.5 cm³/mol. The largest absolute Gasteiger partial charge is 0.495 e. The summed E-state index contributed by atoms with van der Waals surface area (Å²) >= 11 is 6.05. The zero-order valence-electron chi connectivity index (χ0n) is 11.3. The first-order valence-corrected chi connectivity index (χ1v) is 6.50. The maximum absolute atomic E-state index is 12.2. The molecule has 3 N–H and O–H groups in total. The fourth-order valence-electron chi connectivity index (χ4n) is 2.02. The molecule has 0 bridgehead atoms. The van der Waals surface area contributed by atoms with Gasteiger partial charge in [-0.15, -0.1) is 0 Å². The van der Waals surface area contributed by atoms with Gasteiger partial charge in [-0.3, -0.25) is 4.79 Å². The summed E-state index contributed by atoms with van der Waals surface area (Å²) in [4.78, 5) is 12.2. The van der Waals surface area contributed by atoms with Gasteiger partial charge in [-0.05, 0) is 6.07 Å². The summed E-state index contributed by atoms with van der Waals surface area (Å²) in [6.07, 6.45) is 0. The van der Waals surface area contributed by atoms with E-state index in [9.17, 15) is 4.79 Å². The second kappa shape index (κ2) is 6.30. The van der Waals surface area contributed by atoms with Gasteiger partial charge in [-0.25, -0.2) is 0 Å². The van der Waals surface area contributed by atoms with E-state index in [0.717, 1.165) is 0 Å². The van der Waals surface area contributed by atoms with Crippen LogP contribution >= 0.6 is 11.6 Å². The Labute approximate surface area is 122 Å². The number of ether oxygens (including phenoxy) is 3. The van der Waals surface area contributed by atoms with E-state index in [-0.39, 0.29) is 17.9 Å². The number of methoxy groups -OCH3 is 2. The van der Waals surface area contributed by atoms with E-state index in [1.807, 2.05) is 0 Å². The number of halogens is 1. The van der Waals surface area contributed by atoms with Gasteiger partial charge in [0.2, 0.25) is 5.91 Å². The molecule has 20 heavy (non-hydrogen) atoms. The second-order valence-corrected chi connectivity index (χ2v) is 4.89. The second-order valence-electron chi connectivity index (χ2n) is 4.48. The van der Waals surface area contributed by atoms with Crippen molar-refractivity contribution in [1.82, 2.24) is 0 Å². The van der Waals surface area contributed by atoms with Crippen LogP contribution in [-0.2, 0) is 9.53 Å². The molecule has 1 amide bonds. The number of benzene rings is 1. The molecule has 1 heterocycles. The SMILES string of the molecule is COc1cc(OC)c(NC(=O)C2COCC2N)cc1Cl. The van der Waals surface area contributed by atoms with Gasteiger partial charge < -0.3 is 25.3 Å². The number of nitrogens with one attached hydrogen (secondary N) is 1. The molecule has 0 saturated carbocycles. The molecule has 2 atom stereocenters. The third-order valence-corrected chi connectivity index (χ3v) is 3.49. The van der Waals surface area contributed by atoms with Crippen LogP contribution in [0.25, 0.3) is 0 Å². The number of nitrogens with two attached hydrogens (primary N) is 1. The fourth-order valence-corrected chi connectivity index (χ4v) is 2.26. The molecule has 0 aliphatic carbocycles. The normalized spacial score (nSPS) is 21.6. The smallest absolute Gasteiger partial charge is 0.231 e. The molecule has 0 spiro atoms. The molecule has 1 aromatic rings. The third-order valence-electron chi connectivity index (χ3n) is 3.19. The molecule has 0 aromatic heterocycles. The molecule has 6 nitrogen and oxygen atoms in total. The molecular weight excluding hydrogens is 284 g/mol. The highest BCUT2D eigenvalue weighted by Gasteiger charge is 2.31. The van der Waals surface area contributed by atoms with E-state index in [4.69, 9.17) is 31.5 Å². The Bertz CT molecular complexity index is 509. The van der Waals surface area contributed by atoms with Crippen LogP contribution in [0.4, 0.5) is 5.69 Å². The quantitative estimate of drug-likeness (QED) is 0.875. The van der Waals surface area contributed by atoms with Gasteiger partial charge in [0.1, 0.15) is 11.5 Å². The standard InChI is InChI=1S/C13H17ClN2O4/c1-18-11-4-12(19-2)10(3-8(11)14)16-13(17)7-5-20-6-9(7)15/h3-4,7,9H,5-6,15H2,1-2H3,(H,16,17). The number of amides is 1. The van der Waals surface area contributed by atoms with E-state index in [1.165, 1.54) is 14.2 Å². The van der Waals surface area contributed by atoms with E-state index in [0.29, 0.717) is 35.4 Å². The number of hydrogen-bond acceptors (Lipinski definition) is 5. The summed E-state index contributed by atoms with van der Waals surface area (Å²) in [6.45, 7) is 0.706. The summed E-state index contributed by atoms with van der Waals surface area (Å²) < 4.78 is 15.5. The highest BCUT2D eigenvalue weighted by molar-refractivity contribution is 6.32. The van der Waals surface area contributed by atoms with E-state index in [2.05, 4.69) is 5.32 Å². The van der Waals surface area contributed by atoms with Crippen molar-refractivity contribution in [3.8, 4) is 11.5 Å². The van der Waals surface area contributed by atoms with Crippen LogP contribution in [0.3, 0.4) is 0 Å². The average molecular weight is 301 g/mol. The van der Waals surface area contributed by atoms with Crippen molar-refractivity contribution in [2.45, 2.75) is 6.04 Å². The van der Waals surface area contributed by atoms with Crippen LogP contribution in [-0.4, -0.2) is 39.4 Å². The van der Waals surface area contributed by atoms with Crippen molar-refractivity contribution in [1.29, 1.82) is 0 Å². The minimum atomic E-state index is -0.374. The van der Waals surface area contributed by atoms with Crippen LogP contribution in [0.1, 0.15) is 0 Å². The fraction of sp³-hybridized carbons (Fsp3) is 0.462. The van der Waals surface area contributed by atoms with E-state index < -0.39 is 0 Å². The van der Waals surface area contributed by atoms with Crippen LogP contribution in [0.15, 0.2) is 12.1 Å². The molecule has 1 aliphatic heterocycles. The van der Waals surface area contributed by atoms with Crippen molar-refractivity contribution in [2.75, 3.05) is 32.8 Å². The Morgan fingerprint density at radius 1 is 1.35 bits per heavy atom. The Morgan fingerprint density at radius 2 is 2.05 bits per heavy atom. The van der Waals surface area contributed by atoms with Gasteiger partial charge in [0.15, 0.2) is 0 Å². The van der Waals surface area contributed by atoms with Crippen molar-refractivity contribution in [3.05, 3.63) is 17.2 Å². The van der Waals surface area contributed by atoms with Crippen LogP contribution in [0.5, 0.6) is 11.5 Å². The van der Waals surface area contributed by atoms with Crippen LogP contribution in [0.2, 0.25) is 5.02 Å². The monoisotopic (exact) mass is 300 g/mol. The first-order valence-electron chi connectivity index (χ1n) is 6.12. The van der Waals surface area contributed by atoms with Crippen molar-refractivity contribution in [2.24, 2.45) is 11.7 Å². The lowest BCUT2D eigenvalue weighted by Crippen LogP contribution is -2.37. The molecular formula is C13H17ClN2O4. The lowest BCUT2D eigenvalue weighted by atomic mass is 10.0. The third kappa shape index (κ3) is 2.98. The van der Waals surface area contributed by atoms with Gasteiger partial charge >= 0.3 is 0 Å². The lowest BCUT2D eigenvalue weighted by molar-refractivity contribution is -0.120. The number of rotatable bonds is 4. The van der Waals surface area contributed by atoms with Gasteiger partial charge in [-0.2, -0.15) is 0 Å². The summed E-state index contributed by atoms with van der Waals surface area (Å²) in [5, 5.41) is 3.15. The molecule has 2 unspecified atom stereocenters. The van der Waals surface area contributed by atoms with Crippen LogP contribution in [0, 0.1) is 5.92 Å². The topological polar surface area (TPSA) is 82.8 Å². The number of carbonyl (C=O) groups excluding carboxylic acids is 1. The molecule has 1 saturated heterocycles.